The molecule has 1 saturated heterocycles. The first kappa shape index (κ1) is 15.6. The molecule has 0 spiro atoms. The topological polar surface area (TPSA) is 67.6 Å². The van der Waals surface area contributed by atoms with E-state index in [-0.39, 0.29) is 29.4 Å². The van der Waals surface area contributed by atoms with Crippen LogP contribution in [0.2, 0.25) is 0 Å². The van der Waals surface area contributed by atoms with E-state index in [1.165, 1.54) is 0 Å². The minimum absolute atomic E-state index is 0.0420. The Balaban J connectivity index is 2.19. The van der Waals surface area contributed by atoms with Gasteiger partial charge in [-0.1, -0.05) is 13.8 Å². The molecule has 2 rings (SSSR count). The predicted molar refractivity (Wildman–Crippen MR) is 78.9 cm³/mol. The highest BCUT2D eigenvalue weighted by atomic mass is 79.9. The summed E-state index contributed by atoms with van der Waals surface area (Å²) in [5.74, 6) is 0.640. The molecular weight excluding hydrogens is 346 g/mol. The highest BCUT2D eigenvalue weighted by Crippen LogP contribution is 2.23. The smallest absolute Gasteiger partial charge is 0.225 e. The van der Waals surface area contributed by atoms with Gasteiger partial charge in [0, 0.05) is 12.0 Å². The van der Waals surface area contributed by atoms with Crippen molar-refractivity contribution in [2.75, 3.05) is 11.5 Å². The van der Waals surface area contributed by atoms with Crippen molar-refractivity contribution in [3.05, 3.63) is 22.6 Å². The van der Waals surface area contributed by atoms with E-state index >= 15 is 0 Å². The second-order valence-electron chi connectivity index (χ2n) is 5.38. The number of carbonyl (C=O) groups is 1. The lowest BCUT2D eigenvalue weighted by atomic mass is 10.1. The van der Waals surface area contributed by atoms with Crippen molar-refractivity contribution in [1.82, 2.24) is 4.90 Å². The van der Waals surface area contributed by atoms with Crippen molar-refractivity contribution in [1.29, 1.82) is 0 Å². The maximum absolute atomic E-state index is 12.3. The van der Waals surface area contributed by atoms with Gasteiger partial charge in [-0.15, -0.1) is 0 Å². The van der Waals surface area contributed by atoms with Gasteiger partial charge in [-0.3, -0.25) is 4.79 Å². The molecule has 1 amide bonds. The zero-order chi connectivity index (χ0) is 14.9. The number of amides is 1. The van der Waals surface area contributed by atoms with Crippen LogP contribution in [-0.2, 0) is 21.2 Å². The molecule has 1 atom stereocenters. The molecule has 0 aromatic carbocycles. The Kier molecular flexibility index (Phi) is 4.59. The van der Waals surface area contributed by atoms with E-state index < -0.39 is 9.84 Å². The first-order chi connectivity index (χ1) is 9.28. The zero-order valence-corrected chi connectivity index (χ0v) is 13.9. The Labute approximate surface area is 127 Å². The van der Waals surface area contributed by atoms with Gasteiger partial charge in [-0.2, -0.15) is 0 Å². The Morgan fingerprint density at radius 3 is 2.65 bits per heavy atom. The highest BCUT2D eigenvalue weighted by Gasteiger charge is 2.35. The highest BCUT2D eigenvalue weighted by molar-refractivity contribution is 9.10. The zero-order valence-electron chi connectivity index (χ0n) is 11.5. The Hall–Kier alpha value is -0.820. The predicted octanol–water partition coefficient (Wildman–Crippen LogP) is 2.21. The van der Waals surface area contributed by atoms with Gasteiger partial charge in [-0.05, 0) is 34.5 Å². The first-order valence-corrected chi connectivity index (χ1v) is 9.15. The van der Waals surface area contributed by atoms with E-state index in [0.29, 0.717) is 23.4 Å². The lowest BCUT2D eigenvalue weighted by molar-refractivity contribution is -0.137. The van der Waals surface area contributed by atoms with Gasteiger partial charge in [-0.25, -0.2) is 8.42 Å². The number of rotatable bonds is 4. The summed E-state index contributed by atoms with van der Waals surface area (Å²) in [6.45, 7) is 3.94. The molecule has 5 nitrogen and oxygen atoms in total. The van der Waals surface area contributed by atoms with Crippen molar-refractivity contribution in [2.24, 2.45) is 5.92 Å². The number of hydrogen-bond acceptors (Lipinski definition) is 4. The summed E-state index contributed by atoms with van der Waals surface area (Å²) in [4.78, 5) is 14.0. The summed E-state index contributed by atoms with van der Waals surface area (Å²) in [6, 6.07) is 3.30. The third kappa shape index (κ3) is 3.63. The molecule has 0 N–H and O–H groups in total. The number of nitrogens with zero attached hydrogens (tertiary/aromatic N) is 1. The van der Waals surface area contributed by atoms with Crippen molar-refractivity contribution >= 4 is 31.7 Å². The van der Waals surface area contributed by atoms with E-state index in [0.717, 1.165) is 0 Å². The van der Waals surface area contributed by atoms with Crippen LogP contribution in [-0.4, -0.2) is 36.8 Å². The number of halogens is 1. The first-order valence-electron chi connectivity index (χ1n) is 6.53. The van der Waals surface area contributed by atoms with Gasteiger partial charge in [0.25, 0.3) is 0 Å². The van der Waals surface area contributed by atoms with Crippen LogP contribution in [0.25, 0.3) is 0 Å². The molecule has 1 aromatic heterocycles. The van der Waals surface area contributed by atoms with Crippen LogP contribution in [0.3, 0.4) is 0 Å². The molecule has 7 heteroatoms. The van der Waals surface area contributed by atoms with Crippen LogP contribution in [0.15, 0.2) is 21.2 Å². The van der Waals surface area contributed by atoms with Gasteiger partial charge in [0.1, 0.15) is 5.76 Å². The molecule has 1 aromatic rings. The molecule has 0 radical (unpaired) electrons. The lowest BCUT2D eigenvalue weighted by Crippen LogP contribution is -2.42. The van der Waals surface area contributed by atoms with Gasteiger partial charge in [0.15, 0.2) is 14.5 Å². The molecule has 112 valence electrons. The van der Waals surface area contributed by atoms with Crippen molar-refractivity contribution < 1.29 is 17.6 Å². The monoisotopic (exact) mass is 363 g/mol. The van der Waals surface area contributed by atoms with E-state index in [4.69, 9.17) is 4.42 Å². The van der Waals surface area contributed by atoms with Gasteiger partial charge >= 0.3 is 0 Å². The van der Waals surface area contributed by atoms with Gasteiger partial charge < -0.3 is 9.32 Å². The second kappa shape index (κ2) is 5.89. The summed E-state index contributed by atoms with van der Waals surface area (Å²) in [5.41, 5.74) is 0. The van der Waals surface area contributed by atoms with E-state index in [1.807, 2.05) is 13.8 Å². The van der Waals surface area contributed by atoms with Gasteiger partial charge in [0.2, 0.25) is 5.91 Å². The molecular formula is C13H18BrNO4S. The largest absolute Gasteiger partial charge is 0.452 e. The van der Waals surface area contributed by atoms with Crippen LogP contribution >= 0.6 is 15.9 Å². The normalized spacial score (nSPS) is 21.3. The maximum atomic E-state index is 12.3. The van der Waals surface area contributed by atoms with Crippen LogP contribution in [0.1, 0.15) is 26.0 Å². The molecule has 0 saturated carbocycles. The molecule has 1 aliphatic rings. The van der Waals surface area contributed by atoms with Crippen LogP contribution in [0.4, 0.5) is 0 Å². The van der Waals surface area contributed by atoms with Crippen LogP contribution in [0, 0.1) is 5.92 Å². The fourth-order valence-electron chi connectivity index (χ4n) is 2.34. The minimum Gasteiger partial charge on any atom is -0.452 e. The standard InChI is InChI=1S/C13H18BrNO4S/c1-9(2)13(16)15(7-11-3-4-12(14)19-11)10-5-6-20(17,18)8-10/h3-4,9-10H,5-8H2,1-2H3. The number of carbonyl (C=O) groups excluding carboxylic acids is 1. The summed E-state index contributed by atoms with van der Waals surface area (Å²) in [6.07, 6.45) is 0.503. The maximum Gasteiger partial charge on any atom is 0.225 e. The third-order valence-corrected chi connectivity index (χ3v) is 5.56. The second-order valence-corrected chi connectivity index (χ2v) is 8.39. The van der Waals surface area contributed by atoms with E-state index in [2.05, 4.69) is 15.9 Å². The van der Waals surface area contributed by atoms with Crippen LogP contribution in [0.5, 0.6) is 0 Å². The molecule has 1 unspecified atom stereocenters. The van der Waals surface area contributed by atoms with Crippen LogP contribution < -0.4 is 0 Å². The Morgan fingerprint density at radius 1 is 1.50 bits per heavy atom. The summed E-state index contributed by atoms with van der Waals surface area (Å²) in [5, 5.41) is 0. The van der Waals surface area contributed by atoms with Crippen molar-refractivity contribution in [3.8, 4) is 0 Å². The molecule has 0 bridgehead atoms. The Bertz CT molecular complexity index is 593. The molecule has 20 heavy (non-hydrogen) atoms. The van der Waals surface area contributed by atoms with Gasteiger partial charge in [0.05, 0.1) is 18.1 Å². The molecule has 1 fully saturated rings. The average Bonchev–Trinajstić information content (AvgIpc) is 2.91. The Morgan fingerprint density at radius 2 is 2.20 bits per heavy atom. The quantitative estimate of drug-likeness (QED) is 0.822. The number of hydrogen-bond donors (Lipinski definition) is 0. The number of furan rings is 1. The van der Waals surface area contributed by atoms with E-state index in [9.17, 15) is 13.2 Å². The fourth-order valence-corrected chi connectivity index (χ4v) is 4.42. The van der Waals surface area contributed by atoms with Crippen molar-refractivity contribution in [2.45, 2.75) is 32.9 Å². The lowest BCUT2D eigenvalue weighted by Gasteiger charge is -2.29. The minimum atomic E-state index is -3.02. The summed E-state index contributed by atoms with van der Waals surface area (Å²) >= 11 is 3.22. The van der Waals surface area contributed by atoms with Crippen molar-refractivity contribution in [3.63, 3.8) is 0 Å². The molecule has 1 aliphatic heterocycles. The molecule has 2 heterocycles. The molecule has 0 aliphatic carbocycles. The fraction of sp³-hybridized carbons (Fsp3) is 0.615. The number of sulfone groups is 1. The average molecular weight is 364 g/mol. The third-order valence-electron chi connectivity index (χ3n) is 3.38. The van der Waals surface area contributed by atoms with E-state index in [1.54, 1.807) is 17.0 Å². The summed E-state index contributed by atoms with van der Waals surface area (Å²) < 4.78 is 29.3. The SMILES string of the molecule is CC(C)C(=O)N(Cc1ccc(Br)o1)C1CCS(=O)(=O)C1. The summed E-state index contributed by atoms with van der Waals surface area (Å²) in [7, 11) is -3.02.